The van der Waals surface area contributed by atoms with Crippen molar-refractivity contribution < 1.29 is 0 Å². The molecule has 1 N–H and O–H groups in total. The van der Waals surface area contributed by atoms with Crippen molar-refractivity contribution in [3.63, 3.8) is 0 Å². The van der Waals surface area contributed by atoms with Crippen molar-refractivity contribution in [2.45, 2.75) is 6.04 Å². The molecular formula is C9H9BrN2S2. The molecule has 0 spiro atoms. The normalized spacial score (nSPS) is 13.0. The third-order valence-electron chi connectivity index (χ3n) is 1.91. The lowest BCUT2D eigenvalue weighted by Gasteiger charge is -2.10. The van der Waals surface area contributed by atoms with Crippen molar-refractivity contribution in [2.24, 2.45) is 0 Å². The molecule has 14 heavy (non-hydrogen) atoms. The van der Waals surface area contributed by atoms with E-state index >= 15 is 0 Å². The zero-order chi connectivity index (χ0) is 9.97. The van der Waals surface area contributed by atoms with Gasteiger partial charge in [0.05, 0.1) is 11.7 Å². The standard InChI is InChI=1S/C9H9BrN2S2/c1-11-9(7-2-3-14-12-7)8-4-6(10)5-13-8/h2-5,9,11H,1H3. The van der Waals surface area contributed by atoms with Crippen LogP contribution in [0.2, 0.25) is 0 Å². The maximum Gasteiger partial charge on any atom is 0.0853 e. The summed E-state index contributed by atoms with van der Waals surface area (Å²) in [5, 5.41) is 7.36. The van der Waals surface area contributed by atoms with E-state index in [1.165, 1.54) is 16.4 Å². The Kier molecular flexibility index (Phi) is 3.33. The second-order valence-corrected chi connectivity index (χ2v) is 5.34. The van der Waals surface area contributed by atoms with Crippen LogP contribution >= 0.6 is 38.8 Å². The van der Waals surface area contributed by atoms with Crippen molar-refractivity contribution in [3.8, 4) is 0 Å². The molecule has 2 nitrogen and oxygen atoms in total. The molecule has 0 fully saturated rings. The molecule has 0 radical (unpaired) electrons. The van der Waals surface area contributed by atoms with E-state index in [0.717, 1.165) is 10.2 Å². The molecule has 0 saturated heterocycles. The minimum atomic E-state index is 0.220. The maximum absolute atomic E-state index is 4.34. The number of halogens is 1. The second-order valence-electron chi connectivity index (χ2n) is 2.81. The Morgan fingerprint density at radius 2 is 2.43 bits per heavy atom. The van der Waals surface area contributed by atoms with Gasteiger partial charge in [-0.15, -0.1) is 11.3 Å². The van der Waals surface area contributed by atoms with E-state index in [0.29, 0.717) is 0 Å². The van der Waals surface area contributed by atoms with Gasteiger partial charge < -0.3 is 5.32 Å². The number of thiophene rings is 1. The van der Waals surface area contributed by atoms with Gasteiger partial charge in [-0.2, -0.15) is 4.37 Å². The van der Waals surface area contributed by atoms with E-state index in [4.69, 9.17) is 0 Å². The van der Waals surface area contributed by atoms with Gasteiger partial charge in [0.15, 0.2) is 0 Å². The van der Waals surface area contributed by atoms with E-state index in [2.05, 4.69) is 43.1 Å². The van der Waals surface area contributed by atoms with Crippen molar-refractivity contribution in [3.05, 3.63) is 37.9 Å². The third kappa shape index (κ3) is 2.06. The summed E-state index contributed by atoms with van der Waals surface area (Å²) in [5.74, 6) is 0. The van der Waals surface area contributed by atoms with Crippen molar-refractivity contribution >= 4 is 38.8 Å². The van der Waals surface area contributed by atoms with Crippen LogP contribution in [0.3, 0.4) is 0 Å². The second kappa shape index (κ2) is 4.53. The fourth-order valence-electron chi connectivity index (χ4n) is 1.29. The molecule has 1 unspecified atom stereocenters. The highest BCUT2D eigenvalue weighted by atomic mass is 79.9. The number of hydrogen-bond donors (Lipinski definition) is 1. The van der Waals surface area contributed by atoms with E-state index in [1.54, 1.807) is 11.3 Å². The van der Waals surface area contributed by atoms with E-state index < -0.39 is 0 Å². The smallest absolute Gasteiger partial charge is 0.0853 e. The third-order valence-corrected chi connectivity index (χ3v) is 4.25. The summed E-state index contributed by atoms with van der Waals surface area (Å²) in [4.78, 5) is 1.28. The molecule has 2 heterocycles. The van der Waals surface area contributed by atoms with Gasteiger partial charge in [0.1, 0.15) is 0 Å². The van der Waals surface area contributed by atoms with Gasteiger partial charge in [0, 0.05) is 20.1 Å². The molecule has 2 aromatic heterocycles. The first-order chi connectivity index (χ1) is 6.81. The molecule has 2 aromatic rings. The maximum atomic E-state index is 4.34. The van der Waals surface area contributed by atoms with Gasteiger partial charge in [-0.25, -0.2) is 0 Å². The quantitative estimate of drug-likeness (QED) is 0.938. The summed E-state index contributed by atoms with van der Waals surface area (Å²) in [6, 6.07) is 4.41. The zero-order valence-corrected chi connectivity index (χ0v) is 10.7. The largest absolute Gasteiger partial charge is 0.307 e. The number of aromatic nitrogens is 1. The van der Waals surface area contributed by atoms with Crippen LogP contribution in [0.15, 0.2) is 27.4 Å². The summed E-state index contributed by atoms with van der Waals surface area (Å²) in [6.45, 7) is 0. The lowest BCUT2D eigenvalue weighted by atomic mass is 10.2. The number of nitrogens with zero attached hydrogens (tertiary/aromatic N) is 1. The predicted molar refractivity (Wildman–Crippen MR) is 65.0 cm³/mol. The summed E-state index contributed by atoms with van der Waals surface area (Å²) >= 11 is 6.68. The molecule has 1 atom stereocenters. The Morgan fingerprint density at radius 3 is 2.93 bits per heavy atom. The molecule has 0 aliphatic rings. The molecular weight excluding hydrogens is 280 g/mol. The Balaban J connectivity index is 2.31. The van der Waals surface area contributed by atoms with E-state index in [9.17, 15) is 0 Å². The highest BCUT2D eigenvalue weighted by Crippen LogP contribution is 2.29. The van der Waals surface area contributed by atoms with E-state index in [-0.39, 0.29) is 6.04 Å². The lowest BCUT2D eigenvalue weighted by molar-refractivity contribution is 0.690. The Bertz CT molecular complexity index is 397. The molecule has 0 amide bonds. The van der Waals surface area contributed by atoms with Gasteiger partial charge in [0.2, 0.25) is 0 Å². The SMILES string of the molecule is CNC(c1ccsn1)c1cc(Br)cs1. The Labute approximate surface area is 99.3 Å². The average Bonchev–Trinajstić information content (AvgIpc) is 2.79. The van der Waals surface area contributed by atoms with Crippen LogP contribution in [0.4, 0.5) is 0 Å². The van der Waals surface area contributed by atoms with Crippen LogP contribution in [-0.2, 0) is 0 Å². The fraction of sp³-hybridized carbons (Fsp3) is 0.222. The van der Waals surface area contributed by atoms with Crippen LogP contribution in [-0.4, -0.2) is 11.4 Å². The molecule has 0 aliphatic carbocycles. The Morgan fingerprint density at radius 1 is 1.57 bits per heavy atom. The first-order valence-electron chi connectivity index (χ1n) is 4.12. The number of nitrogens with one attached hydrogen (secondary N) is 1. The predicted octanol–water partition coefficient (Wildman–Crippen LogP) is 3.28. The van der Waals surface area contributed by atoms with Crippen LogP contribution in [0.1, 0.15) is 16.6 Å². The minimum absolute atomic E-state index is 0.220. The molecule has 0 aromatic carbocycles. The van der Waals surface area contributed by atoms with Gasteiger partial charge in [-0.3, -0.25) is 0 Å². The van der Waals surface area contributed by atoms with Crippen molar-refractivity contribution in [1.82, 2.24) is 9.69 Å². The van der Waals surface area contributed by atoms with Crippen LogP contribution < -0.4 is 5.32 Å². The van der Waals surface area contributed by atoms with Gasteiger partial charge in [0.25, 0.3) is 0 Å². The summed E-state index contributed by atoms with van der Waals surface area (Å²) in [6.07, 6.45) is 0. The average molecular weight is 289 g/mol. The molecule has 74 valence electrons. The monoisotopic (exact) mass is 288 g/mol. The summed E-state index contributed by atoms with van der Waals surface area (Å²) in [7, 11) is 1.96. The van der Waals surface area contributed by atoms with Gasteiger partial charge >= 0.3 is 0 Å². The molecule has 0 bridgehead atoms. The van der Waals surface area contributed by atoms with Crippen LogP contribution in [0, 0.1) is 0 Å². The van der Waals surface area contributed by atoms with Gasteiger partial charge in [-0.1, -0.05) is 0 Å². The topological polar surface area (TPSA) is 24.9 Å². The zero-order valence-electron chi connectivity index (χ0n) is 7.53. The van der Waals surface area contributed by atoms with Gasteiger partial charge in [-0.05, 0) is 46.6 Å². The fourth-order valence-corrected chi connectivity index (χ4v) is 3.40. The number of rotatable bonds is 3. The highest BCUT2D eigenvalue weighted by molar-refractivity contribution is 9.10. The van der Waals surface area contributed by atoms with Crippen molar-refractivity contribution in [2.75, 3.05) is 7.05 Å². The van der Waals surface area contributed by atoms with E-state index in [1.807, 2.05) is 12.4 Å². The number of hydrogen-bond acceptors (Lipinski definition) is 4. The highest BCUT2D eigenvalue weighted by Gasteiger charge is 2.15. The molecule has 0 aliphatic heterocycles. The lowest BCUT2D eigenvalue weighted by Crippen LogP contribution is -2.16. The van der Waals surface area contributed by atoms with Crippen LogP contribution in [0.5, 0.6) is 0 Å². The molecule has 2 rings (SSSR count). The van der Waals surface area contributed by atoms with Crippen LogP contribution in [0.25, 0.3) is 0 Å². The first kappa shape index (κ1) is 10.3. The summed E-state index contributed by atoms with van der Waals surface area (Å²) < 4.78 is 5.48. The first-order valence-corrected chi connectivity index (χ1v) is 6.63. The Hall–Kier alpha value is -0.230. The minimum Gasteiger partial charge on any atom is -0.307 e. The summed E-state index contributed by atoms with van der Waals surface area (Å²) in [5.41, 5.74) is 1.09. The molecule has 5 heteroatoms. The molecule has 0 saturated carbocycles. The van der Waals surface area contributed by atoms with Crippen molar-refractivity contribution in [1.29, 1.82) is 0 Å².